The first kappa shape index (κ1) is 18.7. The number of aryl methyl sites for hydroxylation is 1. The lowest BCUT2D eigenvalue weighted by Crippen LogP contribution is -2.46. The molecule has 1 fully saturated rings. The molecule has 1 amide bonds. The zero-order chi connectivity index (χ0) is 17.7. The van der Waals surface area contributed by atoms with Crippen LogP contribution in [0.15, 0.2) is 18.2 Å². The van der Waals surface area contributed by atoms with Gasteiger partial charge >= 0.3 is 0 Å². The van der Waals surface area contributed by atoms with Crippen LogP contribution in [0.25, 0.3) is 0 Å². The van der Waals surface area contributed by atoms with Gasteiger partial charge in [0.2, 0.25) is 5.91 Å². The fourth-order valence-corrected chi connectivity index (χ4v) is 3.21. The van der Waals surface area contributed by atoms with Crippen molar-refractivity contribution in [3.8, 4) is 5.75 Å². The number of ether oxygens (including phenoxy) is 1. The van der Waals surface area contributed by atoms with Gasteiger partial charge in [-0.3, -0.25) is 9.69 Å². The van der Waals surface area contributed by atoms with E-state index in [4.69, 9.17) is 4.74 Å². The molecule has 0 spiro atoms. The third kappa shape index (κ3) is 4.95. The lowest BCUT2D eigenvalue weighted by Gasteiger charge is -2.34. The fourth-order valence-electron chi connectivity index (χ4n) is 3.21. The molecule has 24 heavy (non-hydrogen) atoms. The fraction of sp³-hybridized carbons (Fsp3) is 0.632. The number of likely N-dealkylation sites (N-methyl/N-ethyl adjacent to an activating group) is 1. The molecule has 1 atom stereocenters. The maximum atomic E-state index is 11.8. The van der Waals surface area contributed by atoms with Gasteiger partial charge in [0.25, 0.3) is 0 Å². The number of nitrogens with one attached hydrogen (secondary N) is 1. The van der Waals surface area contributed by atoms with Gasteiger partial charge < -0.3 is 15.0 Å². The van der Waals surface area contributed by atoms with Crippen LogP contribution in [0.2, 0.25) is 0 Å². The smallest absolute Gasteiger partial charge is 0.236 e. The van der Waals surface area contributed by atoms with Crippen molar-refractivity contribution >= 4 is 5.91 Å². The molecule has 5 nitrogen and oxygen atoms in total. The molecule has 1 heterocycles. The average Bonchev–Trinajstić information content (AvgIpc) is 2.56. The Morgan fingerprint density at radius 2 is 2.04 bits per heavy atom. The zero-order valence-electron chi connectivity index (χ0n) is 15.6. The molecule has 1 aliphatic heterocycles. The Hall–Kier alpha value is -1.59. The van der Waals surface area contributed by atoms with E-state index in [2.05, 4.69) is 36.2 Å². The van der Waals surface area contributed by atoms with Crippen LogP contribution in [0.5, 0.6) is 5.75 Å². The summed E-state index contributed by atoms with van der Waals surface area (Å²) in [6, 6.07) is 7.19. The molecule has 1 N–H and O–H groups in total. The van der Waals surface area contributed by atoms with Crippen LogP contribution in [0, 0.1) is 6.92 Å². The Kier molecular flexibility index (Phi) is 6.63. The molecule has 0 radical (unpaired) electrons. The number of piperidine rings is 1. The Balaban J connectivity index is 1.83. The molecule has 5 heteroatoms. The summed E-state index contributed by atoms with van der Waals surface area (Å²) in [5, 5.41) is 3.73. The van der Waals surface area contributed by atoms with Crippen molar-refractivity contribution in [3.05, 3.63) is 29.3 Å². The number of benzene rings is 1. The molecular weight excluding hydrogens is 302 g/mol. The predicted molar refractivity (Wildman–Crippen MR) is 97.4 cm³/mol. The molecule has 0 unspecified atom stereocenters. The van der Waals surface area contributed by atoms with E-state index in [9.17, 15) is 4.79 Å². The summed E-state index contributed by atoms with van der Waals surface area (Å²) in [5.41, 5.74) is 2.46. The number of carbonyl (C=O) groups is 1. The van der Waals surface area contributed by atoms with E-state index in [0.717, 1.165) is 31.7 Å². The van der Waals surface area contributed by atoms with Crippen LogP contribution in [0.4, 0.5) is 0 Å². The number of carbonyl (C=O) groups excluding carboxylic acids is 1. The minimum absolute atomic E-state index is 0.184. The minimum atomic E-state index is 0.184. The first-order valence-corrected chi connectivity index (χ1v) is 8.73. The molecule has 0 saturated carbocycles. The third-order valence-corrected chi connectivity index (χ3v) is 4.85. The van der Waals surface area contributed by atoms with Crippen molar-refractivity contribution < 1.29 is 9.53 Å². The van der Waals surface area contributed by atoms with Gasteiger partial charge in [-0.15, -0.1) is 0 Å². The van der Waals surface area contributed by atoms with Gasteiger partial charge in [0, 0.05) is 39.3 Å². The number of amides is 1. The molecule has 1 aromatic carbocycles. The highest BCUT2D eigenvalue weighted by Crippen LogP contribution is 2.23. The van der Waals surface area contributed by atoms with Crippen molar-refractivity contribution in [3.63, 3.8) is 0 Å². The highest BCUT2D eigenvalue weighted by atomic mass is 16.5. The number of rotatable bonds is 6. The molecule has 1 saturated heterocycles. The van der Waals surface area contributed by atoms with Gasteiger partial charge in [-0.2, -0.15) is 0 Å². The summed E-state index contributed by atoms with van der Waals surface area (Å²) in [6.45, 7) is 6.78. The quantitative estimate of drug-likeness (QED) is 0.867. The second-order valence-electron chi connectivity index (χ2n) is 6.96. The molecule has 1 aliphatic rings. The van der Waals surface area contributed by atoms with Crippen LogP contribution >= 0.6 is 0 Å². The highest BCUT2D eigenvalue weighted by molar-refractivity contribution is 5.77. The van der Waals surface area contributed by atoms with Crippen molar-refractivity contribution in [1.29, 1.82) is 0 Å². The maximum Gasteiger partial charge on any atom is 0.236 e. The lowest BCUT2D eigenvalue weighted by molar-refractivity contribution is -0.130. The number of hydrogen-bond acceptors (Lipinski definition) is 4. The van der Waals surface area contributed by atoms with E-state index in [-0.39, 0.29) is 5.91 Å². The van der Waals surface area contributed by atoms with Crippen molar-refractivity contribution in [2.45, 2.75) is 38.8 Å². The van der Waals surface area contributed by atoms with Gasteiger partial charge in [-0.25, -0.2) is 0 Å². The maximum absolute atomic E-state index is 11.8. The van der Waals surface area contributed by atoms with Crippen LogP contribution < -0.4 is 10.1 Å². The topological polar surface area (TPSA) is 44.8 Å². The molecular formula is C19H31N3O2. The summed E-state index contributed by atoms with van der Waals surface area (Å²) < 4.78 is 5.33. The van der Waals surface area contributed by atoms with Crippen LogP contribution in [0.1, 0.15) is 36.9 Å². The number of hydrogen-bond donors (Lipinski definition) is 1. The van der Waals surface area contributed by atoms with E-state index in [1.54, 1.807) is 12.0 Å². The molecule has 0 bridgehead atoms. The van der Waals surface area contributed by atoms with Crippen molar-refractivity contribution in [2.75, 3.05) is 40.8 Å². The first-order valence-electron chi connectivity index (χ1n) is 8.73. The Labute approximate surface area is 146 Å². The first-order chi connectivity index (χ1) is 11.4. The Morgan fingerprint density at radius 1 is 1.38 bits per heavy atom. The SMILES string of the molecule is COc1ccc([C@@H](C)NC2CCN(CC(=O)N(C)C)CC2)cc1C. The van der Waals surface area contributed by atoms with E-state index < -0.39 is 0 Å². The van der Waals surface area contributed by atoms with Gasteiger partial charge in [-0.1, -0.05) is 12.1 Å². The third-order valence-electron chi connectivity index (χ3n) is 4.85. The largest absolute Gasteiger partial charge is 0.496 e. The molecule has 0 aromatic heterocycles. The zero-order valence-corrected chi connectivity index (χ0v) is 15.6. The Bertz CT molecular complexity index is 552. The second-order valence-corrected chi connectivity index (χ2v) is 6.96. The molecule has 134 valence electrons. The van der Waals surface area contributed by atoms with E-state index in [0.29, 0.717) is 18.6 Å². The van der Waals surface area contributed by atoms with Crippen molar-refractivity contribution in [1.82, 2.24) is 15.1 Å². The van der Waals surface area contributed by atoms with Crippen molar-refractivity contribution in [2.24, 2.45) is 0 Å². The predicted octanol–water partition coefficient (Wildman–Crippen LogP) is 2.21. The van der Waals surface area contributed by atoms with Gasteiger partial charge in [0.15, 0.2) is 0 Å². The molecule has 2 rings (SSSR count). The van der Waals surface area contributed by atoms with E-state index in [1.807, 2.05) is 20.2 Å². The Morgan fingerprint density at radius 3 is 2.58 bits per heavy atom. The summed E-state index contributed by atoms with van der Waals surface area (Å²) in [4.78, 5) is 15.7. The highest BCUT2D eigenvalue weighted by Gasteiger charge is 2.22. The summed E-state index contributed by atoms with van der Waals surface area (Å²) in [7, 11) is 5.34. The van der Waals surface area contributed by atoms with E-state index >= 15 is 0 Å². The van der Waals surface area contributed by atoms with Gasteiger partial charge in [0.1, 0.15) is 5.75 Å². The van der Waals surface area contributed by atoms with Crippen LogP contribution in [-0.4, -0.2) is 62.6 Å². The number of nitrogens with zero attached hydrogens (tertiary/aromatic N) is 2. The average molecular weight is 333 g/mol. The van der Waals surface area contributed by atoms with Crippen LogP contribution in [-0.2, 0) is 4.79 Å². The number of methoxy groups -OCH3 is 1. The van der Waals surface area contributed by atoms with E-state index in [1.165, 1.54) is 11.1 Å². The summed E-state index contributed by atoms with van der Waals surface area (Å²) in [5.74, 6) is 1.12. The van der Waals surface area contributed by atoms with Crippen LogP contribution in [0.3, 0.4) is 0 Å². The molecule has 0 aliphatic carbocycles. The monoisotopic (exact) mass is 333 g/mol. The molecule has 1 aromatic rings. The second kappa shape index (κ2) is 8.49. The minimum Gasteiger partial charge on any atom is -0.496 e. The normalized spacial score (nSPS) is 17.5. The number of likely N-dealkylation sites (tertiary alicyclic amines) is 1. The summed E-state index contributed by atoms with van der Waals surface area (Å²) in [6.07, 6.45) is 2.17. The lowest BCUT2D eigenvalue weighted by atomic mass is 10.0. The van der Waals surface area contributed by atoms with Gasteiger partial charge in [0.05, 0.1) is 13.7 Å². The standard InChI is InChI=1S/C19H31N3O2/c1-14-12-16(6-7-18(14)24-5)15(2)20-17-8-10-22(11-9-17)13-19(23)21(3)4/h6-7,12,15,17,20H,8-11,13H2,1-5H3/t15-/m1/s1. The van der Waals surface area contributed by atoms with Gasteiger partial charge in [-0.05, 0) is 43.9 Å². The summed E-state index contributed by atoms with van der Waals surface area (Å²) >= 11 is 0.